The largest absolute Gasteiger partial charge is 0.346 e. The molecule has 1 aromatic carbocycles. The molecule has 0 fully saturated rings. The van der Waals surface area contributed by atoms with Crippen molar-refractivity contribution >= 4 is 17.5 Å². The van der Waals surface area contributed by atoms with E-state index in [0.717, 1.165) is 5.56 Å². The number of nitrogens with one attached hydrogen (secondary N) is 1. The molecule has 0 radical (unpaired) electrons. The molecule has 1 aromatic heterocycles. The van der Waals surface area contributed by atoms with E-state index >= 15 is 0 Å². The Labute approximate surface area is 111 Å². The lowest BCUT2D eigenvalue weighted by molar-refractivity contribution is 0.0940. The van der Waals surface area contributed by atoms with Crippen molar-refractivity contribution in [1.82, 2.24) is 10.3 Å². The van der Waals surface area contributed by atoms with E-state index in [-0.39, 0.29) is 11.9 Å². The van der Waals surface area contributed by atoms with E-state index in [0.29, 0.717) is 10.7 Å². The van der Waals surface area contributed by atoms with Gasteiger partial charge in [-0.15, -0.1) is 0 Å². The fraction of sp³-hybridized carbons (Fsp3) is 0.143. The van der Waals surface area contributed by atoms with Gasteiger partial charge in [0.25, 0.3) is 5.91 Å². The third-order valence-corrected chi connectivity index (χ3v) is 2.84. The van der Waals surface area contributed by atoms with Crippen LogP contribution < -0.4 is 5.32 Å². The first kappa shape index (κ1) is 12.6. The molecule has 0 aliphatic rings. The van der Waals surface area contributed by atoms with Gasteiger partial charge in [0, 0.05) is 11.8 Å². The van der Waals surface area contributed by atoms with Crippen LogP contribution in [-0.4, -0.2) is 10.9 Å². The number of carbonyl (C=O) groups is 1. The molecule has 1 atom stereocenters. The Morgan fingerprint density at radius 1 is 1.28 bits per heavy atom. The van der Waals surface area contributed by atoms with Gasteiger partial charge >= 0.3 is 0 Å². The van der Waals surface area contributed by atoms with Gasteiger partial charge < -0.3 is 5.32 Å². The highest BCUT2D eigenvalue weighted by Gasteiger charge is 2.11. The molecular formula is C14H13ClN2O. The highest BCUT2D eigenvalue weighted by Crippen LogP contribution is 2.13. The summed E-state index contributed by atoms with van der Waals surface area (Å²) in [5.41, 5.74) is 1.57. The van der Waals surface area contributed by atoms with Crippen LogP contribution in [0.2, 0.25) is 5.15 Å². The first-order chi connectivity index (χ1) is 8.66. The number of hydrogen-bond donors (Lipinski definition) is 1. The molecule has 1 N–H and O–H groups in total. The Kier molecular flexibility index (Phi) is 3.95. The molecule has 2 rings (SSSR count). The predicted molar refractivity (Wildman–Crippen MR) is 71.6 cm³/mol. The van der Waals surface area contributed by atoms with Crippen molar-refractivity contribution in [3.63, 3.8) is 0 Å². The molecule has 3 nitrogen and oxygen atoms in total. The molecule has 0 saturated carbocycles. The molecule has 1 heterocycles. The fourth-order valence-electron chi connectivity index (χ4n) is 1.65. The van der Waals surface area contributed by atoms with E-state index in [1.807, 2.05) is 37.3 Å². The van der Waals surface area contributed by atoms with Gasteiger partial charge in [-0.2, -0.15) is 0 Å². The summed E-state index contributed by atoms with van der Waals surface area (Å²) in [7, 11) is 0. The Hall–Kier alpha value is -1.87. The molecule has 0 spiro atoms. The molecule has 2 aromatic rings. The van der Waals surface area contributed by atoms with Crippen LogP contribution in [0.1, 0.15) is 28.9 Å². The van der Waals surface area contributed by atoms with Gasteiger partial charge in [0.1, 0.15) is 5.15 Å². The zero-order chi connectivity index (χ0) is 13.0. The second kappa shape index (κ2) is 5.65. The lowest BCUT2D eigenvalue weighted by Crippen LogP contribution is -2.26. The number of nitrogens with zero attached hydrogens (tertiary/aromatic N) is 1. The molecule has 92 valence electrons. The number of pyridine rings is 1. The van der Waals surface area contributed by atoms with Crippen LogP contribution in [0.5, 0.6) is 0 Å². The van der Waals surface area contributed by atoms with Gasteiger partial charge in [-0.1, -0.05) is 41.9 Å². The molecule has 0 bridgehead atoms. The molecule has 0 aliphatic carbocycles. The monoisotopic (exact) mass is 260 g/mol. The molecule has 0 aliphatic heterocycles. The number of amides is 1. The van der Waals surface area contributed by atoms with E-state index in [4.69, 9.17) is 11.6 Å². The van der Waals surface area contributed by atoms with Crippen LogP contribution in [0.15, 0.2) is 48.7 Å². The molecule has 4 heteroatoms. The van der Waals surface area contributed by atoms with Gasteiger partial charge in [-0.25, -0.2) is 4.98 Å². The van der Waals surface area contributed by atoms with Crippen LogP contribution in [0.4, 0.5) is 0 Å². The van der Waals surface area contributed by atoms with Crippen molar-refractivity contribution in [2.45, 2.75) is 13.0 Å². The van der Waals surface area contributed by atoms with Crippen molar-refractivity contribution in [1.29, 1.82) is 0 Å². The Morgan fingerprint density at radius 2 is 2.00 bits per heavy atom. The number of rotatable bonds is 3. The summed E-state index contributed by atoms with van der Waals surface area (Å²) >= 11 is 5.75. The lowest BCUT2D eigenvalue weighted by Gasteiger charge is -2.14. The maximum Gasteiger partial charge on any atom is 0.251 e. The minimum atomic E-state index is -0.157. The van der Waals surface area contributed by atoms with E-state index in [1.165, 1.54) is 6.20 Å². The van der Waals surface area contributed by atoms with Crippen LogP contribution in [0.25, 0.3) is 0 Å². The lowest BCUT2D eigenvalue weighted by atomic mass is 10.1. The third-order valence-electron chi connectivity index (χ3n) is 2.64. The van der Waals surface area contributed by atoms with Crippen LogP contribution in [-0.2, 0) is 0 Å². The zero-order valence-electron chi connectivity index (χ0n) is 9.93. The minimum Gasteiger partial charge on any atom is -0.346 e. The number of aromatic nitrogens is 1. The van der Waals surface area contributed by atoms with Gasteiger partial charge in [0.2, 0.25) is 0 Å². The van der Waals surface area contributed by atoms with Crippen LogP contribution >= 0.6 is 11.6 Å². The summed E-state index contributed by atoms with van der Waals surface area (Å²) in [6.45, 7) is 1.94. The van der Waals surface area contributed by atoms with Gasteiger partial charge in [0.05, 0.1) is 6.04 Å². The average molecular weight is 261 g/mol. The molecule has 1 amide bonds. The topological polar surface area (TPSA) is 42.0 Å². The summed E-state index contributed by atoms with van der Waals surface area (Å²) in [5, 5.41) is 3.23. The quantitative estimate of drug-likeness (QED) is 0.861. The van der Waals surface area contributed by atoms with Crippen LogP contribution in [0, 0.1) is 0 Å². The van der Waals surface area contributed by atoms with Crippen molar-refractivity contribution in [2.24, 2.45) is 0 Å². The number of benzene rings is 1. The Bertz CT molecular complexity index is 543. The van der Waals surface area contributed by atoms with Gasteiger partial charge in [-0.3, -0.25) is 4.79 Å². The van der Waals surface area contributed by atoms with E-state index in [2.05, 4.69) is 10.3 Å². The maximum atomic E-state index is 12.0. The summed E-state index contributed by atoms with van der Waals surface area (Å²) < 4.78 is 0. The first-order valence-corrected chi connectivity index (χ1v) is 6.02. The molecular weight excluding hydrogens is 248 g/mol. The molecule has 0 unspecified atom stereocenters. The van der Waals surface area contributed by atoms with Crippen molar-refractivity contribution in [3.8, 4) is 0 Å². The number of carbonyl (C=O) groups excluding carboxylic acids is 1. The number of halogens is 1. The SMILES string of the molecule is C[C@@H](NC(=O)c1ccnc(Cl)c1)c1ccccc1. The average Bonchev–Trinajstić information content (AvgIpc) is 2.39. The summed E-state index contributed by atoms with van der Waals surface area (Å²) in [4.78, 5) is 15.8. The minimum absolute atomic E-state index is 0.0503. The Morgan fingerprint density at radius 3 is 2.67 bits per heavy atom. The highest BCUT2D eigenvalue weighted by atomic mass is 35.5. The standard InChI is InChI=1S/C14H13ClN2O/c1-10(11-5-3-2-4-6-11)17-14(18)12-7-8-16-13(15)9-12/h2-10H,1H3,(H,17,18)/t10-/m1/s1. The predicted octanol–water partition coefficient (Wildman–Crippen LogP) is 3.23. The molecule has 0 saturated heterocycles. The van der Waals surface area contributed by atoms with Crippen molar-refractivity contribution < 1.29 is 4.79 Å². The van der Waals surface area contributed by atoms with E-state index in [1.54, 1.807) is 12.1 Å². The Balaban J connectivity index is 2.08. The van der Waals surface area contributed by atoms with Crippen molar-refractivity contribution in [2.75, 3.05) is 0 Å². The van der Waals surface area contributed by atoms with Gasteiger partial charge in [-0.05, 0) is 24.6 Å². The third kappa shape index (κ3) is 3.08. The zero-order valence-corrected chi connectivity index (χ0v) is 10.7. The summed E-state index contributed by atoms with van der Waals surface area (Å²) in [6.07, 6.45) is 1.52. The summed E-state index contributed by atoms with van der Waals surface area (Å²) in [6, 6.07) is 12.9. The summed E-state index contributed by atoms with van der Waals surface area (Å²) in [5.74, 6) is -0.157. The normalized spacial score (nSPS) is 11.9. The van der Waals surface area contributed by atoms with E-state index < -0.39 is 0 Å². The highest BCUT2D eigenvalue weighted by molar-refractivity contribution is 6.29. The first-order valence-electron chi connectivity index (χ1n) is 5.64. The smallest absolute Gasteiger partial charge is 0.251 e. The second-order valence-corrected chi connectivity index (χ2v) is 4.36. The number of hydrogen-bond acceptors (Lipinski definition) is 2. The second-order valence-electron chi connectivity index (χ2n) is 3.97. The van der Waals surface area contributed by atoms with Crippen molar-refractivity contribution in [3.05, 3.63) is 64.9 Å². The van der Waals surface area contributed by atoms with Crippen LogP contribution in [0.3, 0.4) is 0 Å². The fourth-order valence-corrected chi connectivity index (χ4v) is 1.82. The maximum absolute atomic E-state index is 12.0. The van der Waals surface area contributed by atoms with E-state index in [9.17, 15) is 4.79 Å². The molecule has 18 heavy (non-hydrogen) atoms. The van der Waals surface area contributed by atoms with Gasteiger partial charge in [0.15, 0.2) is 0 Å².